The van der Waals surface area contributed by atoms with Crippen LogP contribution in [0.3, 0.4) is 0 Å². The summed E-state index contributed by atoms with van der Waals surface area (Å²) < 4.78 is 5.21. The van der Waals surface area contributed by atoms with E-state index in [0.29, 0.717) is 12.8 Å². The number of benzene rings is 1. The lowest BCUT2D eigenvalue weighted by Crippen LogP contribution is -2.35. The summed E-state index contributed by atoms with van der Waals surface area (Å²) in [6.45, 7) is 4.72. The Morgan fingerprint density at radius 1 is 1.21 bits per heavy atom. The highest BCUT2D eigenvalue weighted by atomic mass is 16.5. The van der Waals surface area contributed by atoms with E-state index in [9.17, 15) is 4.79 Å². The quantitative estimate of drug-likeness (QED) is 0.838. The molecule has 1 atom stereocenters. The molecule has 1 aromatic heterocycles. The van der Waals surface area contributed by atoms with E-state index in [4.69, 9.17) is 4.52 Å². The van der Waals surface area contributed by atoms with Gasteiger partial charge in [0.25, 0.3) is 0 Å². The van der Waals surface area contributed by atoms with Crippen LogP contribution in [0.1, 0.15) is 60.7 Å². The van der Waals surface area contributed by atoms with Crippen molar-refractivity contribution in [3.8, 4) is 0 Å². The zero-order valence-electron chi connectivity index (χ0n) is 14.6. The van der Waals surface area contributed by atoms with Gasteiger partial charge in [-0.05, 0) is 38.7 Å². The molecular weight excluding hydrogens is 300 g/mol. The largest absolute Gasteiger partial charge is 0.361 e. The van der Waals surface area contributed by atoms with E-state index in [2.05, 4.69) is 34.3 Å². The average molecular weight is 326 g/mol. The normalized spacial score (nSPS) is 18.4. The van der Waals surface area contributed by atoms with Gasteiger partial charge in [0, 0.05) is 18.5 Å². The Kier molecular flexibility index (Phi) is 5.34. The molecule has 1 amide bonds. The Labute approximate surface area is 143 Å². The van der Waals surface area contributed by atoms with Crippen molar-refractivity contribution in [1.29, 1.82) is 0 Å². The molecule has 4 heteroatoms. The second-order valence-electron chi connectivity index (χ2n) is 6.67. The fourth-order valence-corrected chi connectivity index (χ4v) is 3.66. The molecule has 0 bridgehead atoms. The number of aryl methyl sites for hydroxylation is 2. The standard InChI is InChI=1S/C20H26N2O2/c1-15-18(16(2)24-21-15)12-13-20(23)22-14-8-4-7-11-19(22)17-9-5-3-6-10-17/h3,5-6,9-10,19H,4,7-8,11-14H2,1-2H3/t19-/m1/s1. The van der Waals surface area contributed by atoms with Crippen molar-refractivity contribution in [3.63, 3.8) is 0 Å². The van der Waals surface area contributed by atoms with Gasteiger partial charge in [-0.3, -0.25) is 4.79 Å². The van der Waals surface area contributed by atoms with E-state index in [0.717, 1.165) is 36.4 Å². The summed E-state index contributed by atoms with van der Waals surface area (Å²) in [5.41, 5.74) is 3.23. The minimum absolute atomic E-state index is 0.214. The van der Waals surface area contributed by atoms with Gasteiger partial charge in [-0.15, -0.1) is 0 Å². The summed E-state index contributed by atoms with van der Waals surface area (Å²) in [4.78, 5) is 15.0. The third kappa shape index (κ3) is 3.69. The van der Waals surface area contributed by atoms with Crippen LogP contribution in [0.15, 0.2) is 34.9 Å². The molecule has 0 radical (unpaired) electrons. The molecule has 1 fully saturated rings. The van der Waals surface area contributed by atoms with Crippen LogP contribution in [0.2, 0.25) is 0 Å². The maximum absolute atomic E-state index is 12.9. The molecule has 0 saturated carbocycles. The number of hydrogen-bond acceptors (Lipinski definition) is 3. The fraction of sp³-hybridized carbons (Fsp3) is 0.500. The van der Waals surface area contributed by atoms with Crippen LogP contribution < -0.4 is 0 Å². The van der Waals surface area contributed by atoms with Gasteiger partial charge in [0.1, 0.15) is 5.76 Å². The SMILES string of the molecule is Cc1noc(C)c1CCC(=O)N1CCCCC[C@@H]1c1ccccc1. The molecule has 1 aromatic carbocycles. The van der Waals surface area contributed by atoms with Gasteiger partial charge >= 0.3 is 0 Å². The maximum atomic E-state index is 12.9. The van der Waals surface area contributed by atoms with Crippen molar-refractivity contribution in [2.24, 2.45) is 0 Å². The molecule has 0 N–H and O–H groups in total. The summed E-state index contributed by atoms with van der Waals surface area (Å²) in [6, 6.07) is 10.7. The van der Waals surface area contributed by atoms with Gasteiger partial charge in [0.2, 0.25) is 5.91 Å². The number of likely N-dealkylation sites (tertiary alicyclic amines) is 1. The number of rotatable bonds is 4. The zero-order valence-corrected chi connectivity index (χ0v) is 14.6. The first kappa shape index (κ1) is 16.7. The molecule has 24 heavy (non-hydrogen) atoms. The molecule has 1 aliphatic heterocycles. The number of nitrogens with zero attached hydrogens (tertiary/aromatic N) is 2. The number of carbonyl (C=O) groups is 1. The topological polar surface area (TPSA) is 46.3 Å². The van der Waals surface area contributed by atoms with Gasteiger partial charge in [0.15, 0.2) is 0 Å². The van der Waals surface area contributed by atoms with Crippen LogP contribution in [0, 0.1) is 13.8 Å². The molecule has 3 rings (SSSR count). The third-order valence-corrected chi connectivity index (χ3v) is 5.03. The summed E-state index contributed by atoms with van der Waals surface area (Å²) >= 11 is 0. The van der Waals surface area contributed by atoms with Gasteiger partial charge in [-0.1, -0.05) is 48.3 Å². The lowest BCUT2D eigenvalue weighted by Gasteiger charge is -2.30. The monoisotopic (exact) mass is 326 g/mol. The van der Waals surface area contributed by atoms with Gasteiger partial charge in [-0.25, -0.2) is 0 Å². The van der Waals surface area contributed by atoms with Crippen LogP contribution >= 0.6 is 0 Å². The molecule has 1 saturated heterocycles. The van der Waals surface area contributed by atoms with Crippen LogP contribution in [0.5, 0.6) is 0 Å². The van der Waals surface area contributed by atoms with Crippen LogP contribution in [0.25, 0.3) is 0 Å². The molecule has 2 aromatic rings. The predicted molar refractivity (Wildman–Crippen MR) is 93.7 cm³/mol. The first-order valence-electron chi connectivity index (χ1n) is 8.93. The van der Waals surface area contributed by atoms with Crippen LogP contribution in [-0.4, -0.2) is 22.5 Å². The summed E-state index contributed by atoms with van der Waals surface area (Å²) in [5.74, 6) is 1.07. The minimum Gasteiger partial charge on any atom is -0.361 e. The smallest absolute Gasteiger partial charge is 0.223 e. The highest BCUT2D eigenvalue weighted by Crippen LogP contribution is 2.30. The zero-order chi connectivity index (χ0) is 16.9. The maximum Gasteiger partial charge on any atom is 0.223 e. The van der Waals surface area contributed by atoms with Gasteiger partial charge in [0.05, 0.1) is 11.7 Å². The van der Waals surface area contributed by atoms with Crippen molar-refractivity contribution in [2.45, 2.75) is 58.4 Å². The Bertz CT molecular complexity index is 659. The highest BCUT2D eigenvalue weighted by Gasteiger charge is 2.26. The number of carbonyl (C=O) groups excluding carboxylic acids is 1. The molecule has 4 nitrogen and oxygen atoms in total. The van der Waals surface area contributed by atoms with Crippen LogP contribution in [0.4, 0.5) is 0 Å². The summed E-state index contributed by atoms with van der Waals surface area (Å²) in [7, 11) is 0. The Morgan fingerprint density at radius 2 is 2.00 bits per heavy atom. The highest BCUT2D eigenvalue weighted by molar-refractivity contribution is 5.77. The minimum atomic E-state index is 0.214. The Hall–Kier alpha value is -2.10. The van der Waals surface area contributed by atoms with E-state index >= 15 is 0 Å². The summed E-state index contributed by atoms with van der Waals surface area (Å²) in [5, 5.41) is 3.98. The van der Waals surface area contributed by atoms with Gasteiger partial charge < -0.3 is 9.42 Å². The van der Waals surface area contributed by atoms with Crippen molar-refractivity contribution < 1.29 is 9.32 Å². The number of aromatic nitrogens is 1. The number of amides is 1. The molecule has 1 aliphatic rings. The molecule has 128 valence electrons. The molecule has 2 heterocycles. The Morgan fingerprint density at radius 3 is 2.71 bits per heavy atom. The number of hydrogen-bond donors (Lipinski definition) is 0. The van der Waals surface area contributed by atoms with E-state index < -0.39 is 0 Å². The van der Waals surface area contributed by atoms with E-state index in [1.807, 2.05) is 19.9 Å². The first-order chi connectivity index (χ1) is 11.7. The van der Waals surface area contributed by atoms with E-state index in [1.165, 1.54) is 18.4 Å². The Balaban J connectivity index is 1.73. The van der Waals surface area contributed by atoms with E-state index in [1.54, 1.807) is 0 Å². The second kappa shape index (κ2) is 7.65. The first-order valence-corrected chi connectivity index (χ1v) is 8.93. The van der Waals surface area contributed by atoms with Crippen molar-refractivity contribution in [1.82, 2.24) is 10.1 Å². The lowest BCUT2D eigenvalue weighted by molar-refractivity contribution is -0.133. The molecule has 0 aliphatic carbocycles. The molecule has 0 unspecified atom stereocenters. The van der Waals surface area contributed by atoms with Crippen molar-refractivity contribution in [2.75, 3.05) is 6.54 Å². The molecular formula is C20H26N2O2. The lowest BCUT2D eigenvalue weighted by atomic mass is 10.00. The summed E-state index contributed by atoms with van der Waals surface area (Å²) in [6.07, 6.45) is 5.77. The van der Waals surface area contributed by atoms with Crippen LogP contribution in [-0.2, 0) is 11.2 Å². The second-order valence-corrected chi connectivity index (χ2v) is 6.67. The average Bonchev–Trinajstić information content (AvgIpc) is 2.81. The fourth-order valence-electron chi connectivity index (χ4n) is 3.66. The van der Waals surface area contributed by atoms with Gasteiger partial charge in [-0.2, -0.15) is 0 Å². The third-order valence-electron chi connectivity index (χ3n) is 5.03. The van der Waals surface area contributed by atoms with Crippen molar-refractivity contribution in [3.05, 3.63) is 52.9 Å². The van der Waals surface area contributed by atoms with E-state index in [-0.39, 0.29) is 11.9 Å². The van der Waals surface area contributed by atoms with Crippen molar-refractivity contribution >= 4 is 5.91 Å². The predicted octanol–water partition coefficient (Wildman–Crippen LogP) is 4.37. The molecule has 0 spiro atoms.